The smallest absolute Gasteiger partial charge is 0.225 e. The van der Waals surface area contributed by atoms with Crippen molar-refractivity contribution in [1.82, 2.24) is 4.98 Å². The van der Waals surface area contributed by atoms with E-state index in [0.717, 1.165) is 11.1 Å². The molecule has 0 aliphatic rings. The van der Waals surface area contributed by atoms with Gasteiger partial charge in [0.2, 0.25) is 5.89 Å². The summed E-state index contributed by atoms with van der Waals surface area (Å²) < 4.78 is 5.17. The summed E-state index contributed by atoms with van der Waals surface area (Å²) in [6.07, 6.45) is 3.20. The summed E-state index contributed by atoms with van der Waals surface area (Å²) in [7, 11) is 0. The molecule has 14 heavy (non-hydrogen) atoms. The summed E-state index contributed by atoms with van der Waals surface area (Å²) >= 11 is 0. The normalized spacial score (nSPS) is 9.21. The number of aromatic nitrogens is 1. The van der Waals surface area contributed by atoms with Crippen molar-refractivity contribution in [2.75, 3.05) is 0 Å². The lowest BCUT2D eigenvalue weighted by atomic mass is 10.1. The lowest BCUT2D eigenvalue weighted by Gasteiger charge is -1.94. The molecule has 2 nitrogen and oxygen atoms in total. The van der Waals surface area contributed by atoms with Crippen LogP contribution in [0.5, 0.6) is 0 Å². The van der Waals surface area contributed by atoms with E-state index < -0.39 is 0 Å². The van der Waals surface area contributed by atoms with Gasteiger partial charge in [-0.2, -0.15) is 0 Å². The fourth-order valence-electron chi connectivity index (χ4n) is 1.21. The van der Waals surface area contributed by atoms with Crippen LogP contribution in [0.25, 0.3) is 11.5 Å². The summed E-state index contributed by atoms with van der Waals surface area (Å²) in [5.74, 6) is 6.47. The van der Waals surface area contributed by atoms with Crippen molar-refractivity contribution in [2.24, 2.45) is 0 Å². The van der Waals surface area contributed by atoms with Gasteiger partial charge in [-0.25, -0.2) is 4.98 Å². The maximum atomic E-state index is 5.17. The fourth-order valence-corrected chi connectivity index (χ4v) is 1.21. The van der Waals surface area contributed by atoms with Gasteiger partial charge in [-0.05, 0) is 31.2 Å². The van der Waals surface area contributed by atoms with Crippen molar-refractivity contribution in [2.45, 2.75) is 6.92 Å². The number of benzene rings is 1. The van der Waals surface area contributed by atoms with Crippen LogP contribution in [0, 0.1) is 11.8 Å². The van der Waals surface area contributed by atoms with Crippen molar-refractivity contribution in [3.05, 3.63) is 42.3 Å². The van der Waals surface area contributed by atoms with Crippen LogP contribution >= 0.6 is 0 Å². The monoisotopic (exact) mass is 183 g/mol. The molecule has 0 amide bonds. The molecule has 0 aliphatic carbocycles. The van der Waals surface area contributed by atoms with E-state index >= 15 is 0 Å². The van der Waals surface area contributed by atoms with Crippen LogP contribution in [0.3, 0.4) is 0 Å². The minimum atomic E-state index is 0.640. The average molecular weight is 183 g/mol. The number of nitrogens with zero attached hydrogens (tertiary/aromatic N) is 1. The van der Waals surface area contributed by atoms with Crippen LogP contribution < -0.4 is 0 Å². The first-order chi connectivity index (χ1) is 6.90. The van der Waals surface area contributed by atoms with Crippen molar-refractivity contribution in [3.8, 4) is 23.3 Å². The Morgan fingerprint density at radius 1 is 1.21 bits per heavy atom. The van der Waals surface area contributed by atoms with Gasteiger partial charge in [-0.3, -0.25) is 0 Å². The Bertz CT molecular complexity index is 457. The SMILES string of the molecule is CC#Cc1ccc(-c2ncco2)cc1. The van der Waals surface area contributed by atoms with E-state index in [9.17, 15) is 0 Å². The molecule has 0 N–H and O–H groups in total. The standard InChI is InChI=1S/C12H9NO/c1-2-3-10-4-6-11(7-5-10)12-13-8-9-14-12/h4-9H,1H3. The fraction of sp³-hybridized carbons (Fsp3) is 0.0833. The van der Waals surface area contributed by atoms with Gasteiger partial charge in [-0.1, -0.05) is 5.92 Å². The molecule has 0 spiro atoms. The lowest BCUT2D eigenvalue weighted by molar-refractivity contribution is 0.574. The Morgan fingerprint density at radius 2 is 2.00 bits per heavy atom. The maximum Gasteiger partial charge on any atom is 0.225 e. The average Bonchev–Trinajstić information content (AvgIpc) is 2.72. The van der Waals surface area contributed by atoms with E-state index in [-0.39, 0.29) is 0 Å². The van der Waals surface area contributed by atoms with E-state index in [1.54, 1.807) is 12.5 Å². The number of hydrogen-bond acceptors (Lipinski definition) is 2. The highest BCUT2D eigenvalue weighted by Crippen LogP contribution is 2.16. The van der Waals surface area contributed by atoms with Crippen LogP contribution in [0.15, 0.2) is 41.1 Å². The van der Waals surface area contributed by atoms with E-state index in [1.807, 2.05) is 31.2 Å². The van der Waals surface area contributed by atoms with E-state index in [1.165, 1.54) is 0 Å². The zero-order valence-corrected chi connectivity index (χ0v) is 7.82. The van der Waals surface area contributed by atoms with Crippen LogP contribution in [0.1, 0.15) is 12.5 Å². The van der Waals surface area contributed by atoms with E-state index in [2.05, 4.69) is 16.8 Å². The summed E-state index contributed by atoms with van der Waals surface area (Å²) in [6, 6.07) is 7.81. The molecule has 0 aliphatic heterocycles. The lowest BCUT2D eigenvalue weighted by Crippen LogP contribution is -1.78. The third-order valence-electron chi connectivity index (χ3n) is 1.83. The third-order valence-corrected chi connectivity index (χ3v) is 1.83. The highest BCUT2D eigenvalue weighted by Gasteiger charge is 2.00. The van der Waals surface area contributed by atoms with Crippen molar-refractivity contribution in [1.29, 1.82) is 0 Å². The van der Waals surface area contributed by atoms with Gasteiger partial charge in [0.15, 0.2) is 0 Å². The third kappa shape index (κ3) is 1.67. The van der Waals surface area contributed by atoms with E-state index in [0.29, 0.717) is 5.89 Å². The van der Waals surface area contributed by atoms with Crippen molar-refractivity contribution in [3.63, 3.8) is 0 Å². The molecule has 2 heteroatoms. The Morgan fingerprint density at radius 3 is 2.57 bits per heavy atom. The molecule has 0 saturated heterocycles. The van der Waals surface area contributed by atoms with Gasteiger partial charge >= 0.3 is 0 Å². The second kappa shape index (κ2) is 3.80. The van der Waals surface area contributed by atoms with Crippen molar-refractivity contribution < 1.29 is 4.42 Å². The Balaban J connectivity index is 2.34. The first-order valence-corrected chi connectivity index (χ1v) is 4.33. The molecule has 1 aromatic heterocycles. The first kappa shape index (κ1) is 8.58. The summed E-state index contributed by atoms with van der Waals surface area (Å²) in [5.41, 5.74) is 1.97. The summed E-state index contributed by atoms with van der Waals surface area (Å²) in [5, 5.41) is 0. The molecule has 2 rings (SSSR count). The van der Waals surface area contributed by atoms with Crippen LogP contribution in [-0.2, 0) is 0 Å². The molecule has 0 radical (unpaired) electrons. The van der Waals surface area contributed by atoms with Crippen LogP contribution in [0.2, 0.25) is 0 Å². The molecule has 1 aromatic carbocycles. The maximum absolute atomic E-state index is 5.17. The Kier molecular flexibility index (Phi) is 2.33. The summed E-state index contributed by atoms with van der Waals surface area (Å²) in [4.78, 5) is 4.06. The molecule has 0 fully saturated rings. The first-order valence-electron chi connectivity index (χ1n) is 4.33. The van der Waals surface area contributed by atoms with Gasteiger partial charge < -0.3 is 4.42 Å². The number of rotatable bonds is 1. The van der Waals surface area contributed by atoms with Gasteiger partial charge in [0.1, 0.15) is 6.26 Å². The minimum absolute atomic E-state index is 0.640. The van der Waals surface area contributed by atoms with E-state index in [4.69, 9.17) is 4.42 Å². The minimum Gasteiger partial charge on any atom is -0.445 e. The zero-order chi connectivity index (χ0) is 9.80. The molecule has 2 aromatic rings. The summed E-state index contributed by atoms with van der Waals surface area (Å²) in [6.45, 7) is 1.82. The molecule has 0 bridgehead atoms. The number of oxazole rings is 1. The Labute approximate surface area is 82.6 Å². The van der Waals surface area contributed by atoms with Crippen LogP contribution in [0.4, 0.5) is 0 Å². The largest absolute Gasteiger partial charge is 0.445 e. The predicted octanol–water partition coefficient (Wildman–Crippen LogP) is 2.71. The molecular weight excluding hydrogens is 174 g/mol. The van der Waals surface area contributed by atoms with Crippen LogP contribution in [-0.4, -0.2) is 4.98 Å². The van der Waals surface area contributed by atoms with Gasteiger partial charge in [-0.15, -0.1) is 5.92 Å². The quantitative estimate of drug-likeness (QED) is 0.635. The second-order valence-corrected chi connectivity index (χ2v) is 2.79. The highest BCUT2D eigenvalue weighted by atomic mass is 16.3. The molecule has 0 unspecified atom stereocenters. The molecule has 0 saturated carbocycles. The molecule has 0 atom stereocenters. The topological polar surface area (TPSA) is 26.0 Å². The highest BCUT2D eigenvalue weighted by molar-refractivity contribution is 5.54. The molecule has 68 valence electrons. The molecular formula is C12H9NO. The molecule has 1 heterocycles. The zero-order valence-electron chi connectivity index (χ0n) is 7.82. The van der Waals surface area contributed by atoms with Gasteiger partial charge in [0.25, 0.3) is 0 Å². The van der Waals surface area contributed by atoms with Gasteiger partial charge in [0, 0.05) is 11.1 Å². The number of hydrogen-bond donors (Lipinski definition) is 0. The van der Waals surface area contributed by atoms with Gasteiger partial charge in [0.05, 0.1) is 6.20 Å². The Hall–Kier alpha value is -2.01. The second-order valence-electron chi connectivity index (χ2n) is 2.79. The predicted molar refractivity (Wildman–Crippen MR) is 54.5 cm³/mol. The van der Waals surface area contributed by atoms with Crippen molar-refractivity contribution >= 4 is 0 Å².